The zero-order valence-electron chi connectivity index (χ0n) is 11.3. The molecule has 0 amide bonds. The van der Waals surface area contributed by atoms with Crippen LogP contribution < -0.4 is 5.32 Å². The van der Waals surface area contributed by atoms with Crippen LogP contribution >= 0.6 is 11.3 Å². The lowest BCUT2D eigenvalue weighted by Crippen LogP contribution is -2.35. The maximum absolute atomic E-state index is 4.79. The lowest BCUT2D eigenvalue weighted by atomic mass is 9.72. The van der Waals surface area contributed by atoms with Gasteiger partial charge in [-0.15, -0.1) is 11.3 Å². The average molecular weight is 272 g/mol. The average Bonchev–Trinajstić information content (AvgIpc) is 2.91. The van der Waals surface area contributed by atoms with Gasteiger partial charge in [0.1, 0.15) is 0 Å². The number of thiazole rings is 1. The Balaban J connectivity index is 1.66. The molecule has 2 aromatic rings. The number of nitrogens with one attached hydrogen (secondary N) is 1. The van der Waals surface area contributed by atoms with E-state index in [1.54, 1.807) is 0 Å². The number of hydrogen-bond donors (Lipinski definition) is 1. The highest BCUT2D eigenvalue weighted by molar-refractivity contribution is 7.09. The summed E-state index contributed by atoms with van der Waals surface area (Å²) < 4.78 is 0. The van der Waals surface area contributed by atoms with Gasteiger partial charge in [-0.25, -0.2) is 4.98 Å². The first-order valence-electron chi connectivity index (χ1n) is 7.01. The fraction of sp³-hybridized carbons (Fsp3) is 0.438. The van der Waals surface area contributed by atoms with E-state index >= 15 is 0 Å². The van der Waals surface area contributed by atoms with Crippen LogP contribution in [-0.2, 0) is 6.42 Å². The summed E-state index contributed by atoms with van der Waals surface area (Å²) in [7, 11) is 2.05. The largest absolute Gasteiger partial charge is 0.319 e. The van der Waals surface area contributed by atoms with Crippen molar-refractivity contribution in [1.82, 2.24) is 10.3 Å². The van der Waals surface area contributed by atoms with Crippen molar-refractivity contribution in [2.45, 2.75) is 19.3 Å². The SMILES string of the molecule is CNCC1CCC1Cc1nc(-c2ccccc2)cs1. The molecule has 2 nitrogen and oxygen atoms in total. The molecule has 1 aromatic heterocycles. The molecule has 3 rings (SSSR count). The third kappa shape index (κ3) is 2.88. The van der Waals surface area contributed by atoms with E-state index in [4.69, 9.17) is 4.98 Å². The number of hydrogen-bond acceptors (Lipinski definition) is 3. The molecule has 100 valence electrons. The molecule has 0 spiro atoms. The highest BCUT2D eigenvalue weighted by atomic mass is 32.1. The maximum Gasteiger partial charge on any atom is 0.0935 e. The minimum Gasteiger partial charge on any atom is -0.319 e. The molecule has 2 atom stereocenters. The van der Waals surface area contributed by atoms with E-state index in [1.165, 1.54) is 23.4 Å². The van der Waals surface area contributed by atoms with Gasteiger partial charge in [0.2, 0.25) is 0 Å². The quantitative estimate of drug-likeness (QED) is 0.899. The van der Waals surface area contributed by atoms with Crippen LogP contribution in [0.1, 0.15) is 17.8 Å². The summed E-state index contributed by atoms with van der Waals surface area (Å²) >= 11 is 1.81. The molecule has 0 aliphatic heterocycles. The molecule has 1 fully saturated rings. The van der Waals surface area contributed by atoms with E-state index in [-0.39, 0.29) is 0 Å². The molecule has 1 aliphatic carbocycles. The Morgan fingerprint density at radius 1 is 1.21 bits per heavy atom. The summed E-state index contributed by atoms with van der Waals surface area (Å²) in [5.41, 5.74) is 2.36. The van der Waals surface area contributed by atoms with Gasteiger partial charge in [0, 0.05) is 17.4 Å². The lowest BCUT2D eigenvalue weighted by Gasteiger charge is -2.36. The zero-order valence-corrected chi connectivity index (χ0v) is 12.1. The zero-order chi connectivity index (χ0) is 13.1. The molecule has 1 heterocycles. The molecule has 0 bridgehead atoms. The first kappa shape index (κ1) is 12.8. The van der Waals surface area contributed by atoms with Crippen molar-refractivity contribution < 1.29 is 0 Å². The van der Waals surface area contributed by atoms with Crippen LogP contribution in [0, 0.1) is 11.8 Å². The van der Waals surface area contributed by atoms with Gasteiger partial charge in [0.25, 0.3) is 0 Å². The van der Waals surface area contributed by atoms with Gasteiger partial charge in [-0.3, -0.25) is 0 Å². The molecule has 1 aliphatic rings. The van der Waals surface area contributed by atoms with E-state index in [1.807, 2.05) is 24.5 Å². The highest BCUT2D eigenvalue weighted by Gasteiger charge is 2.30. The number of rotatable bonds is 5. The second-order valence-corrected chi connectivity index (χ2v) is 6.29. The molecule has 2 unspecified atom stereocenters. The van der Waals surface area contributed by atoms with Crippen LogP contribution in [0.3, 0.4) is 0 Å². The number of benzene rings is 1. The fourth-order valence-corrected chi connectivity index (χ4v) is 3.71. The minimum absolute atomic E-state index is 0.835. The number of nitrogens with zero attached hydrogens (tertiary/aromatic N) is 1. The predicted octanol–water partition coefficient (Wildman–Crippen LogP) is 3.60. The molecule has 3 heteroatoms. The van der Waals surface area contributed by atoms with Crippen LogP contribution in [0.5, 0.6) is 0 Å². The fourth-order valence-electron chi connectivity index (χ4n) is 2.81. The molecule has 1 aromatic carbocycles. The van der Waals surface area contributed by atoms with Crippen LogP contribution in [0.15, 0.2) is 35.7 Å². The van der Waals surface area contributed by atoms with Gasteiger partial charge in [-0.05, 0) is 38.3 Å². The molecule has 1 saturated carbocycles. The van der Waals surface area contributed by atoms with Gasteiger partial charge >= 0.3 is 0 Å². The van der Waals surface area contributed by atoms with Crippen LogP contribution in [0.4, 0.5) is 0 Å². The van der Waals surface area contributed by atoms with Crippen molar-refractivity contribution in [1.29, 1.82) is 0 Å². The summed E-state index contributed by atoms with van der Waals surface area (Å²) in [4.78, 5) is 4.79. The normalized spacial score (nSPS) is 22.2. The van der Waals surface area contributed by atoms with Crippen molar-refractivity contribution in [3.63, 3.8) is 0 Å². The lowest BCUT2D eigenvalue weighted by molar-refractivity contribution is 0.174. The van der Waals surface area contributed by atoms with Crippen molar-refractivity contribution in [3.05, 3.63) is 40.7 Å². The second kappa shape index (κ2) is 5.85. The van der Waals surface area contributed by atoms with Crippen molar-refractivity contribution in [2.24, 2.45) is 11.8 Å². The summed E-state index contributed by atoms with van der Waals surface area (Å²) in [6.07, 6.45) is 3.90. The molecule has 0 radical (unpaired) electrons. The third-order valence-electron chi connectivity index (χ3n) is 4.10. The summed E-state index contributed by atoms with van der Waals surface area (Å²) in [5, 5.41) is 6.79. The van der Waals surface area contributed by atoms with Gasteiger partial charge in [-0.2, -0.15) is 0 Å². The smallest absolute Gasteiger partial charge is 0.0935 e. The summed E-state index contributed by atoms with van der Waals surface area (Å²) in [5.74, 6) is 1.69. The Labute approximate surface area is 118 Å². The third-order valence-corrected chi connectivity index (χ3v) is 4.97. The van der Waals surface area contributed by atoms with Crippen LogP contribution in [-0.4, -0.2) is 18.6 Å². The van der Waals surface area contributed by atoms with Crippen LogP contribution in [0.2, 0.25) is 0 Å². The van der Waals surface area contributed by atoms with Gasteiger partial charge < -0.3 is 5.32 Å². The van der Waals surface area contributed by atoms with Crippen molar-refractivity contribution in [3.8, 4) is 11.3 Å². The van der Waals surface area contributed by atoms with E-state index in [0.717, 1.165) is 30.5 Å². The predicted molar refractivity (Wildman–Crippen MR) is 81.4 cm³/mol. The Kier molecular flexibility index (Phi) is 3.95. The van der Waals surface area contributed by atoms with E-state index in [0.29, 0.717) is 0 Å². The standard InChI is InChI=1S/C16H20N2S/c1-17-10-14-8-7-13(14)9-16-18-15(11-19-16)12-5-3-2-4-6-12/h2-6,11,13-14,17H,7-10H2,1H3. The van der Waals surface area contributed by atoms with E-state index in [9.17, 15) is 0 Å². The maximum atomic E-state index is 4.79. The van der Waals surface area contributed by atoms with Crippen molar-refractivity contribution >= 4 is 11.3 Å². The Morgan fingerprint density at radius 3 is 2.68 bits per heavy atom. The van der Waals surface area contributed by atoms with Crippen LogP contribution in [0.25, 0.3) is 11.3 Å². The topological polar surface area (TPSA) is 24.9 Å². The van der Waals surface area contributed by atoms with Gasteiger partial charge in [-0.1, -0.05) is 30.3 Å². The minimum atomic E-state index is 0.835. The summed E-state index contributed by atoms with van der Waals surface area (Å²) in [6.45, 7) is 1.15. The molecule has 1 N–H and O–H groups in total. The van der Waals surface area contributed by atoms with Gasteiger partial charge in [0.05, 0.1) is 10.7 Å². The molecular formula is C16H20N2S. The molecular weight excluding hydrogens is 252 g/mol. The number of aromatic nitrogens is 1. The van der Waals surface area contributed by atoms with Gasteiger partial charge in [0.15, 0.2) is 0 Å². The Morgan fingerprint density at radius 2 is 2.00 bits per heavy atom. The first-order valence-corrected chi connectivity index (χ1v) is 7.89. The Bertz CT molecular complexity index is 521. The van der Waals surface area contributed by atoms with E-state index in [2.05, 4.69) is 35.0 Å². The van der Waals surface area contributed by atoms with E-state index < -0.39 is 0 Å². The second-order valence-electron chi connectivity index (χ2n) is 5.35. The Hall–Kier alpha value is -1.19. The van der Waals surface area contributed by atoms with Crippen molar-refractivity contribution in [2.75, 3.05) is 13.6 Å². The highest BCUT2D eigenvalue weighted by Crippen LogP contribution is 2.37. The monoisotopic (exact) mass is 272 g/mol. The summed E-state index contributed by atoms with van der Waals surface area (Å²) in [6, 6.07) is 10.5. The molecule has 19 heavy (non-hydrogen) atoms. The molecule has 0 saturated heterocycles. The first-order chi connectivity index (χ1) is 9.36.